The first-order valence-corrected chi connectivity index (χ1v) is 14.0. The number of para-hydroxylation sites is 1. The highest BCUT2D eigenvalue weighted by Crippen LogP contribution is 2.35. The second kappa shape index (κ2) is 12.6. The fraction of sp³-hybridized carbons (Fsp3) is 0.548. The number of nitrogens with zero attached hydrogens (tertiary/aromatic N) is 3. The third kappa shape index (κ3) is 7.13. The van der Waals surface area contributed by atoms with Gasteiger partial charge in [0.05, 0.1) is 0 Å². The molecule has 0 radical (unpaired) electrons. The Hall–Kier alpha value is -2.86. The van der Waals surface area contributed by atoms with E-state index in [1.54, 1.807) is 0 Å². The van der Waals surface area contributed by atoms with Crippen LogP contribution in [0.3, 0.4) is 0 Å². The Balaban J connectivity index is 1.15. The summed E-state index contributed by atoms with van der Waals surface area (Å²) >= 11 is 0. The molecule has 1 N–H and O–H groups in total. The van der Waals surface area contributed by atoms with Crippen molar-refractivity contribution < 1.29 is 9.59 Å². The van der Waals surface area contributed by atoms with Gasteiger partial charge in [-0.1, -0.05) is 48.5 Å². The fourth-order valence-electron chi connectivity index (χ4n) is 6.03. The summed E-state index contributed by atoms with van der Waals surface area (Å²) < 4.78 is 0. The molecule has 0 atom stereocenters. The molecular weight excluding hydrogens is 460 g/mol. The van der Waals surface area contributed by atoms with E-state index in [2.05, 4.69) is 90.7 Å². The summed E-state index contributed by atoms with van der Waals surface area (Å²) in [5.41, 5.74) is 4.06. The summed E-state index contributed by atoms with van der Waals surface area (Å²) in [5, 5.41) is 3.25. The average molecular weight is 505 g/mol. The number of carbonyl (C=O) groups excluding carboxylic acids is 2. The molecule has 1 saturated carbocycles. The Kier molecular flexibility index (Phi) is 9.25. The van der Waals surface area contributed by atoms with Gasteiger partial charge in [-0.3, -0.25) is 9.59 Å². The number of aryl methyl sites for hydroxylation is 1. The molecule has 0 aromatic heterocycles. The highest BCUT2D eigenvalue weighted by molar-refractivity contribution is 5.79. The van der Waals surface area contributed by atoms with Gasteiger partial charge in [0.15, 0.2) is 0 Å². The third-order valence-electron chi connectivity index (χ3n) is 8.49. The molecule has 2 aromatic carbocycles. The third-order valence-corrected chi connectivity index (χ3v) is 8.49. The number of amides is 2. The molecule has 0 spiro atoms. The van der Waals surface area contributed by atoms with Crippen LogP contribution in [0, 0.1) is 6.92 Å². The van der Waals surface area contributed by atoms with Gasteiger partial charge in [-0.25, -0.2) is 0 Å². The van der Waals surface area contributed by atoms with Crippen LogP contribution in [0.2, 0.25) is 0 Å². The Morgan fingerprint density at radius 2 is 1.57 bits per heavy atom. The molecule has 2 aliphatic rings. The topological polar surface area (TPSA) is 55.9 Å². The Morgan fingerprint density at radius 3 is 2.22 bits per heavy atom. The van der Waals surface area contributed by atoms with E-state index in [9.17, 15) is 9.59 Å². The van der Waals surface area contributed by atoms with Gasteiger partial charge in [-0.05, 0) is 76.7 Å². The van der Waals surface area contributed by atoms with E-state index < -0.39 is 0 Å². The molecule has 1 saturated heterocycles. The monoisotopic (exact) mass is 504 g/mol. The SMILES string of the molecule is Cc1ccccc1N1CCN(C(=O)CCCC(=O)NC2CCC(Cc3ccccc3)(N(C)C)CC2)CC1. The molecule has 6 heteroatoms. The number of rotatable bonds is 9. The minimum atomic E-state index is 0.0857. The van der Waals surface area contributed by atoms with Crippen LogP contribution >= 0.6 is 0 Å². The number of nitrogens with one attached hydrogen (secondary N) is 1. The molecule has 2 fully saturated rings. The maximum atomic E-state index is 12.7. The van der Waals surface area contributed by atoms with Crippen LogP contribution < -0.4 is 10.2 Å². The first-order chi connectivity index (χ1) is 17.9. The lowest BCUT2D eigenvalue weighted by molar-refractivity contribution is -0.131. The van der Waals surface area contributed by atoms with Gasteiger partial charge in [0.2, 0.25) is 11.8 Å². The maximum absolute atomic E-state index is 12.7. The van der Waals surface area contributed by atoms with Crippen molar-refractivity contribution in [3.05, 3.63) is 65.7 Å². The lowest BCUT2D eigenvalue weighted by Gasteiger charge is -2.45. The number of anilines is 1. The highest BCUT2D eigenvalue weighted by atomic mass is 16.2. The molecule has 0 bridgehead atoms. The van der Waals surface area contributed by atoms with Gasteiger partial charge in [0, 0.05) is 56.3 Å². The van der Waals surface area contributed by atoms with Gasteiger partial charge in [0.1, 0.15) is 0 Å². The lowest BCUT2D eigenvalue weighted by Crippen LogP contribution is -2.52. The quantitative estimate of drug-likeness (QED) is 0.550. The summed E-state index contributed by atoms with van der Waals surface area (Å²) in [4.78, 5) is 32.1. The normalized spacial score (nSPS) is 22.2. The largest absolute Gasteiger partial charge is 0.368 e. The molecule has 6 nitrogen and oxygen atoms in total. The van der Waals surface area contributed by atoms with Crippen molar-refractivity contribution in [2.24, 2.45) is 0 Å². The minimum absolute atomic E-state index is 0.0857. The summed E-state index contributed by atoms with van der Waals surface area (Å²) in [6.45, 7) is 5.35. The average Bonchev–Trinajstić information content (AvgIpc) is 2.91. The predicted molar refractivity (Wildman–Crippen MR) is 151 cm³/mol. The van der Waals surface area contributed by atoms with E-state index >= 15 is 0 Å². The van der Waals surface area contributed by atoms with E-state index in [1.807, 2.05) is 4.90 Å². The predicted octanol–water partition coefficient (Wildman–Crippen LogP) is 4.42. The van der Waals surface area contributed by atoms with Crippen molar-refractivity contribution >= 4 is 17.5 Å². The van der Waals surface area contributed by atoms with Crippen molar-refractivity contribution in [2.75, 3.05) is 45.2 Å². The zero-order valence-corrected chi connectivity index (χ0v) is 22.9. The fourth-order valence-corrected chi connectivity index (χ4v) is 6.03. The summed E-state index contributed by atoms with van der Waals surface area (Å²) in [5.74, 6) is 0.258. The summed E-state index contributed by atoms with van der Waals surface area (Å²) in [6, 6.07) is 19.4. The summed E-state index contributed by atoms with van der Waals surface area (Å²) in [7, 11) is 4.36. The van der Waals surface area contributed by atoms with Gasteiger partial charge < -0.3 is 20.0 Å². The molecule has 2 amide bonds. The van der Waals surface area contributed by atoms with E-state index in [0.717, 1.165) is 58.3 Å². The number of carbonyl (C=O) groups is 2. The van der Waals surface area contributed by atoms with Crippen LogP contribution in [0.4, 0.5) is 5.69 Å². The first-order valence-electron chi connectivity index (χ1n) is 14.0. The number of likely N-dealkylation sites (N-methyl/N-ethyl adjacent to an activating group) is 1. The van der Waals surface area contributed by atoms with Crippen LogP contribution in [0.25, 0.3) is 0 Å². The van der Waals surface area contributed by atoms with Crippen LogP contribution in [0.1, 0.15) is 56.1 Å². The van der Waals surface area contributed by atoms with Crippen molar-refractivity contribution in [1.82, 2.24) is 15.1 Å². The van der Waals surface area contributed by atoms with Crippen LogP contribution in [0.15, 0.2) is 54.6 Å². The first kappa shape index (κ1) is 27.2. The van der Waals surface area contributed by atoms with Gasteiger partial charge >= 0.3 is 0 Å². The van der Waals surface area contributed by atoms with E-state index in [-0.39, 0.29) is 23.4 Å². The van der Waals surface area contributed by atoms with Crippen LogP contribution in [-0.4, -0.2) is 73.5 Å². The zero-order valence-electron chi connectivity index (χ0n) is 22.9. The Morgan fingerprint density at radius 1 is 0.919 bits per heavy atom. The molecule has 1 aliphatic carbocycles. The number of hydrogen-bond donors (Lipinski definition) is 1. The molecule has 200 valence electrons. The molecule has 37 heavy (non-hydrogen) atoms. The van der Waals surface area contributed by atoms with E-state index in [4.69, 9.17) is 0 Å². The summed E-state index contributed by atoms with van der Waals surface area (Å²) in [6.07, 6.45) is 6.69. The second-order valence-electron chi connectivity index (χ2n) is 11.1. The number of piperazine rings is 1. The molecule has 1 heterocycles. The van der Waals surface area contributed by atoms with Crippen molar-refractivity contribution in [2.45, 2.75) is 69.9 Å². The standard InChI is InChI=1S/C31H44N4O2/c1-25-10-7-8-13-28(25)34-20-22-35(23-21-34)30(37)15-9-14-29(36)32-27-16-18-31(19-17-27,33(2)3)24-26-11-5-4-6-12-26/h4-8,10-13,27H,9,14-24H2,1-3H3,(H,32,36). The second-order valence-corrected chi connectivity index (χ2v) is 11.1. The Labute approximate surface area is 223 Å². The van der Waals surface area contributed by atoms with E-state index in [1.165, 1.54) is 16.8 Å². The van der Waals surface area contributed by atoms with Crippen molar-refractivity contribution in [3.8, 4) is 0 Å². The van der Waals surface area contributed by atoms with Crippen molar-refractivity contribution in [3.63, 3.8) is 0 Å². The minimum Gasteiger partial charge on any atom is -0.368 e. The van der Waals surface area contributed by atoms with E-state index in [0.29, 0.717) is 19.3 Å². The number of benzene rings is 2. The molecule has 2 aromatic rings. The molecule has 4 rings (SSSR count). The van der Waals surface area contributed by atoms with Gasteiger partial charge in [-0.2, -0.15) is 0 Å². The van der Waals surface area contributed by atoms with Gasteiger partial charge in [0.25, 0.3) is 0 Å². The highest BCUT2D eigenvalue weighted by Gasteiger charge is 2.37. The van der Waals surface area contributed by atoms with Gasteiger partial charge in [-0.15, -0.1) is 0 Å². The van der Waals surface area contributed by atoms with Crippen LogP contribution in [-0.2, 0) is 16.0 Å². The maximum Gasteiger partial charge on any atom is 0.222 e. The van der Waals surface area contributed by atoms with Crippen molar-refractivity contribution in [1.29, 1.82) is 0 Å². The van der Waals surface area contributed by atoms with Crippen LogP contribution in [0.5, 0.6) is 0 Å². The smallest absolute Gasteiger partial charge is 0.222 e. The molecular formula is C31H44N4O2. The molecule has 0 unspecified atom stereocenters. The number of hydrogen-bond acceptors (Lipinski definition) is 4. The molecule has 1 aliphatic heterocycles. The lowest BCUT2D eigenvalue weighted by atomic mass is 9.75. The zero-order chi connectivity index (χ0) is 26.3. The Bertz CT molecular complexity index is 1020.